The molecule has 0 spiro atoms. The van der Waals surface area contributed by atoms with Crippen molar-refractivity contribution in [2.24, 2.45) is 0 Å². The molecule has 0 N–H and O–H groups in total. The fourth-order valence-electron chi connectivity index (χ4n) is 1.12. The SMILES string of the molecule is [2H]c1c(Br)nn(C2([2H])C([2H])([2H])C([2H])([2H])N(C(=O)OC(C)(C)C)C([2H])([2H])C2([2H])[2H])c1[2H]. The molecule has 1 aliphatic rings. The molecule has 1 amide bonds. The minimum atomic E-state index is -3.67. The van der Waals surface area contributed by atoms with Gasteiger partial charge in [-0.05, 0) is 55.5 Å². The van der Waals surface area contributed by atoms with Crippen LogP contribution in [0.4, 0.5) is 4.79 Å². The van der Waals surface area contributed by atoms with E-state index < -0.39 is 55.7 Å². The maximum absolute atomic E-state index is 12.6. The topological polar surface area (TPSA) is 47.4 Å². The molecule has 6 heteroatoms. The van der Waals surface area contributed by atoms with E-state index in [9.17, 15) is 4.79 Å². The number of ether oxygens (including phenoxy) is 1. The molecule has 1 saturated heterocycles. The Labute approximate surface area is 137 Å². The first kappa shape index (κ1) is 5.76. The minimum absolute atomic E-state index is 0.113. The van der Waals surface area contributed by atoms with Crippen molar-refractivity contribution >= 4 is 22.0 Å². The van der Waals surface area contributed by atoms with E-state index in [1.165, 1.54) is 20.8 Å². The summed E-state index contributed by atoms with van der Waals surface area (Å²) in [6, 6.07) is -4.17. The van der Waals surface area contributed by atoms with Crippen molar-refractivity contribution < 1.29 is 24.6 Å². The molecule has 106 valence electrons. The summed E-state index contributed by atoms with van der Waals surface area (Å²) in [4.78, 5) is 12.3. The molecule has 2 rings (SSSR count). The predicted octanol–water partition coefficient (Wildman–Crippen LogP) is 3.22. The second kappa shape index (κ2) is 5.53. The van der Waals surface area contributed by atoms with Crippen LogP contribution < -0.4 is 0 Å². The lowest BCUT2D eigenvalue weighted by Gasteiger charge is -2.33. The van der Waals surface area contributed by atoms with Gasteiger partial charge in [-0.15, -0.1) is 0 Å². The first-order valence-corrected chi connectivity index (χ1v) is 6.14. The highest BCUT2D eigenvalue weighted by Crippen LogP contribution is 2.24. The van der Waals surface area contributed by atoms with E-state index in [1.807, 2.05) is 0 Å². The number of piperidine rings is 1. The average Bonchev–Trinajstić information content (AvgIpc) is 2.77. The van der Waals surface area contributed by atoms with Crippen LogP contribution in [0.25, 0.3) is 0 Å². The van der Waals surface area contributed by atoms with Crippen molar-refractivity contribution in [3.05, 3.63) is 16.8 Å². The largest absolute Gasteiger partial charge is 0.444 e. The summed E-state index contributed by atoms with van der Waals surface area (Å²) in [6.45, 7) is -3.04. The highest BCUT2D eigenvalue weighted by molar-refractivity contribution is 9.10. The van der Waals surface area contributed by atoms with Gasteiger partial charge in [0.15, 0.2) is 0 Å². The molecule has 1 aromatic heterocycles. The molecular formula is C13H20BrN3O2. The summed E-state index contributed by atoms with van der Waals surface area (Å²) in [7, 11) is 0. The second-order valence-electron chi connectivity index (χ2n) is 4.58. The number of aromatic nitrogens is 2. The van der Waals surface area contributed by atoms with Gasteiger partial charge in [0, 0.05) is 30.1 Å². The second-order valence-corrected chi connectivity index (χ2v) is 5.33. The lowest BCUT2D eigenvalue weighted by molar-refractivity contribution is 0.0184. The van der Waals surface area contributed by atoms with Crippen LogP contribution in [0.3, 0.4) is 0 Å². The van der Waals surface area contributed by atoms with Gasteiger partial charge in [-0.3, -0.25) is 4.68 Å². The minimum Gasteiger partial charge on any atom is -0.444 e. The molecule has 0 aromatic carbocycles. The smallest absolute Gasteiger partial charge is 0.410 e. The summed E-state index contributed by atoms with van der Waals surface area (Å²) >= 11 is 2.82. The third-order valence-electron chi connectivity index (χ3n) is 1.81. The van der Waals surface area contributed by atoms with E-state index in [0.717, 1.165) is 0 Å². The first-order valence-electron chi connectivity index (χ1n) is 10.8. The molecule has 0 unspecified atom stereocenters. The van der Waals surface area contributed by atoms with Gasteiger partial charge in [0.25, 0.3) is 0 Å². The number of rotatable bonds is 1. The van der Waals surface area contributed by atoms with Crippen molar-refractivity contribution in [1.82, 2.24) is 14.7 Å². The monoisotopic (exact) mass is 340 g/mol. The van der Waals surface area contributed by atoms with E-state index in [1.54, 1.807) is 0 Å². The highest BCUT2D eigenvalue weighted by atomic mass is 79.9. The van der Waals surface area contributed by atoms with Gasteiger partial charge < -0.3 is 9.64 Å². The molecule has 1 fully saturated rings. The summed E-state index contributed by atoms with van der Waals surface area (Å²) < 4.78 is 95.1. The number of likely N-dealkylation sites (tertiary alicyclic amines) is 1. The average molecular weight is 341 g/mol. The molecular weight excluding hydrogens is 310 g/mol. The Morgan fingerprint density at radius 1 is 1.63 bits per heavy atom. The first-order chi connectivity index (χ1) is 13.1. The standard InChI is InChI=1S/C13H20BrN3O2/c1-13(2,3)19-12(18)16-7-4-10(5-8-16)17-9-6-11(14)15-17/h6,9-10H,4-5,7-8H2,1-3H3/i4D2,5D2,6D,7D2,8D2,9D,10D. The molecule has 5 nitrogen and oxygen atoms in total. The molecule has 2 heterocycles. The summed E-state index contributed by atoms with van der Waals surface area (Å²) in [5, 5.41) is 3.58. The molecule has 19 heavy (non-hydrogen) atoms. The Morgan fingerprint density at radius 3 is 2.74 bits per heavy atom. The van der Waals surface area contributed by atoms with Gasteiger partial charge >= 0.3 is 6.09 Å². The highest BCUT2D eigenvalue weighted by Gasteiger charge is 2.27. The van der Waals surface area contributed by atoms with Gasteiger partial charge in [-0.1, -0.05) is 0 Å². The Hall–Kier alpha value is -1.04. The number of amides is 1. The fraction of sp³-hybridized carbons (Fsp3) is 0.692. The Balaban J connectivity index is 2.87. The normalized spacial score (nSPS) is 38.3. The molecule has 0 saturated carbocycles. The van der Waals surface area contributed by atoms with Crippen LogP contribution in [0.5, 0.6) is 0 Å². The van der Waals surface area contributed by atoms with Crippen LogP contribution in [0.15, 0.2) is 16.8 Å². The van der Waals surface area contributed by atoms with Gasteiger partial charge in [0.2, 0.25) is 0 Å². The number of hydrogen-bond acceptors (Lipinski definition) is 3. The van der Waals surface area contributed by atoms with Gasteiger partial charge in [-0.2, -0.15) is 5.10 Å². The summed E-state index contributed by atoms with van der Waals surface area (Å²) in [5.41, 5.74) is -1.24. The molecule has 1 aromatic rings. The zero-order valence-electron chi connectivity index (χ0n) is 21.5. The Kier molecular flexibility index (Phi) is 1.67. The van der Waals surface area contributed by atoms with Crippen molar-refractivity contribution in [2.75, 3.05) is 13.0 Å². The number of hydrogen-bond donors (Lipinski definition) is 0. The zero-order chi connectivity index (χ0) is 23.9. The van der Waals surface area contributed by atoms with E-state index in [4.69, 9.17) is 19.8 Å². The van der Waals surface area contributed by atoms with E-state index in [-0.39, 0.29) is 14.2 Å². The van der Waals surface area contributed by atoms with E-state index in [2.05, 4.69) is 21.0 Å². The number of halogens is 1. The maximum atomic E-state index is 12.6. The quantitative estimate of drug-likeness (QED) is 0.788. The van der Waals surface area contributed by atoms with E-state index >= 15 is 0 Å². The Bertz CT molecular complexity index is 852. The van der Waals surface area contributed by atoms with Crippen molar-refractivity contribution in [1.29, 1.82) is 0 Å². The number of nitrogens with zero attached hydrogens (tertiary/aromatic N) is 3. The summed E-state index contributed by atoms with van der Waals surface area (Å²) in [6.07, 6.45) is -9.94. The maximum Gasteiger partial charge on any atom is 0.410 e. The lowest BCUT2D eigenvalue weighted by atomic mass is 10.1. The third kappa shape index (κ3) is 3.96. The molecule has 0 radical (unpaired) electrons. The van der Waals surface area contributed by atoms with Crippen molar-refractivity contribution in [2.45, 2.75) is 45.1 Å². The number of carbonyl (C=O) groups is 1. The van der Waals surface area contributed by atoms with E-state index in [0.29, 0.717) is 0 Å². The van der Waals surface area contributed by atoms with Crippen molar-refractivity contribution in [3.63, 3.8) is 0 Å². The lowest BCUT2D eigenvalue weighted by Crippen LogP contribution is -2.42. The van der Waals surface area contributed by atoms with Gasteiger partial charge in [-0.25, -0.2) is 4.79 Å². The van der Waals surface area contributed by atoms with Gasteiger partial charge in [0.1, 0.15) is 10.2 Å². The van der Waals surface area contributed by atoms with Crippen LogP contribution in [-0.4, -0.2) is 39.4 Å². The Morgan fingerprint density at radius 2 is 2.26 bits per heavy atom. The third-order valence-corrected chi connectivity index (χ3v) is 2.17. The van der Waals surface area contributed by atoms with Crippen LogP contribution in [0.1, 0.15) is 54.6 Å². The van der Waals surface area contributed by atoms with Gasteiger partial charge in [0.05, 0.1) is 10.1 Å². The summed E-state index contributed by atoms with van der Waals surface area (Å²) in [5.74, 6) is 0. The van der Waals surface area contributed by atoms with Crippen molar-refractivity contribution in [3.8, 4) is 0 Å². The molecule has 0 bridgehead atoms. The predicted molar refractivity (Wildman–Crippen MR) is 76.0 cm³/mol. The molecule has 0 aliphatic carbocycles. The molecule has 1 aliphatic heterocycles. The van der Waals surface area contributed by atoms with Crippen LogP contribution in [-0.2, 0) is 4.74 Å². The van der Waals surface area contributed by atoms with Crippen LogP contribution >= 0.6 is 15.9 Å². The fourth-order valence-corrected chi connectivity index (χ4v) is 1.37. The molecule has 0 atom stereocenters. The van der Waals surface area contributed by atoms with Crippen LogP contribution in [0, 0.1) is 0 Å². The number of carbonyl (C=O) groups excluding carboxylic acids is 1. The zero-order valence-corrected chi connectivity index (χ0v) is 12.1. The van der Waals surface area contributed by atoms with Crippen LogP contribution in [0.2, 0.25) is 0 Å².